The van der Waals surface area contributed by atoms with Crippen LogP contribution in [-0.2, 0) is 28.4 Å². The van der Waals surface area contributed by atoms with Gasteiger partial charge >= 0.3 is 0 Å². The van der Waals surface area contributed by atoms with E-state index in [1.165, 1.54) is 0 Å². The third kappa shape index (κ3) is 7.62. The molecule has 0 saturated carbocycles. The van der Waals surface area contributed by atoms with Crippen molar-refractivity contribution in [3.63, 3.8) is 0 Å². The molecule has 3 fully saturated rings. The van der Waals surface area contributed by atoms with Gasteiger partial charge in [0.25, 0.3) is 0 Å². The number of hydrogen-bond acceptors (Lipinski definition) is 16. The highest BCUT2D eigenvalue weighted by Crippen LogP contribution is 2.32. The van der Waals surface area contributed by atoms with E-state index in [2.05, 4.69) is 0 Å². The van der Waals surface area contributed by atoms with Gasteiger partial charge in [-0.25, -0.2) is 4.39 Å². The van der Waals surface area contributed by atoms with Gasteiger partial charge in [-0.15, -0.1) is 0 Å². The molecule has 40 heavy (non-hydrogen) atoms. The number of aliphatic hydroxyl groups is 9. The maximum Gasteiger partial charge on any atom is 0.187 e. The summed E-state index contributed by atoms with van der Waals surface area (Å²) >= 11 is 0. The minimum absolute atomic E-state index is 0.156. The Kier molecular flexibility index (Phi) is 13.2. The zero-order chi connectivity index (χ0) is 29.6. The minimum Gasteiger partial charge on any atom is -0.394 e. The van der Waals surface area contributed by atoms with E-state index in [4.69, 9.17) is 34.2 Å². The average molecular weight is 592 g/mol. The van der Waals surface area contributed by atoms with Crippen LogP contribution in [0.5, 0.6) is 0 Å². The van der Waals surface area contributed by atoms with E-state index in [0.29, 0.717) is 13.0 Å². The third-order valence-electron chi connectivity index (χ3n) is 7.17. The number of unbranched alkanes of at least 4 members (excludes halogenated alkanes) is 2. The Morgan fingerprint density at radius 2 is 1.07 bits per heavy atom. The predicted octanol–water partition coefficient (Wildman–Crippen LogP) is -5.44. The second-order valence-electron chi connectivity index (χ2n) is 10.0. The fraction of sp³-hybridized carbons (Fsp3) is 1.00. The van der Waals surface area contributed by atoms with Crippen LogP contribution in [-0.4, -0.2) is 171 Å². The lowest BCUT2D eigenvalue weighted by Gasteiger charge is -2.48. The van der Waals surface area contributed by atoms with Crippen molar-refractivity contribution >= 4 is 0 Å². The Bertz CT molecular complexity index is 738. The van der Waals surface area contributed by atoms with Crippen molar-refractivity contribution in [1.29, 1.82) is 0 Å². The van der Waals surface area contributed by atoms with E-state index in [9.17, 15) is 50.3 Å². The van der Waals surface area contributed by atoms with Gasteiger partial charge in [-0.3, -0.25) is 0 Å². The Hall–Kier alpha value is -0.710. The van der Waals surface area contributed by atoms with Gasteiger partial charge in [0.1, 0.15) is 79.9 Å². The summed E-state index contributed by atoms with van der Waals surface area (Å²) in [5.41, 5.74) is 5.43. The molecule has 15 atom stereocenters. The molecule has 236 valence electrons. The number of aliphatic hydroxyl groups excluding tert-OH is 9. The average Bonchev–Trinajstić information content (AvgIpc) is 2.95. The fourth-order valence-corrected chi connectivity index (χ4v) is 4.78. The quantitative estimate of drug-likeness (QED) is 0.0896. The van der Waals surface area contributed by atoms with E-state index in [0.717, 1.165) is 12.8 Å². The Morgan fingerprint density at radius 1 is 0.575 bits per heavy atom. The Balaban J connectivity index is 1.64. The summed E-state index contributed by atoms with van der Waals surface area (Å²) in [6, 6.07) is 0. The van der Waals surface area contributed by atoms with Gasteiger partial charge in [0, 0.05) is 6.61 Å². The van der Waals surface area contributed by atoms with Crippen LogP contribution >= 0.6 is 0 Å². The number of rotatable bonds is 13. The van der Waals surface area contributed by atoms with E-state index in [-0.39, 0.29) is 6.61 Å². The highest BCUT2D eigenvalue weighted by atomic mass is 19.1. The van der Waals surface area contributed by atoms with Crippen LogP contribution in [0.4, 0.5) is 4.39 Å². The molecule has 0 aliphatic carbocycles. The van der Waals surface area contributed by atoms with Crippen molar-refractivity contribution in [3.05, 3.63) is 0 Å². The summed E-state index contributed by atoms with van der Waals surface area (Å²) in [6.45, 7) is -2.09. The first kappa shape index (κ1) is 33.8. The number of nitrogens with two attached hydrogens (primary N) is 1. The second-order valence-corrected chi connectivity index (χ2v) is 10.0. The van der Waals surface area contributed by atoms with Crippen LogP contribution in [0.1, 0.15) is 19.3 Å². The van der Waals surface area contributed by atoms with Gasteiger partial charge in [0.2, 0.25) is 0 Å². The second kappa shape index (κ2) is 15.7. The Labute approximate surface area is 229 Å². The lowest BCUT2D eigenvalue weighted by molar-refractivity contribution is -0.378. The van der Waals surface area contributed by atoms with Gasteiger partial charge in [-0.2, -0.15) is 0 Å². The van der Waals surface area contributed by atoms with E-state index in [1.807, 2.05) is 0 Å². The van der Waals surface area contributed by atoms with Crippen LogP contribution in [0, 0.1) is 0 Å². The standard InChI is InChI=1S/C23H42FNO15/c24-6-9-19(14(30)17(33)21(36-9)35-5-3-1-2-4-25)39-23-18(34)15(31)20(11(8-27)38-23)40-22-16(32)13(29)12(28)10(7-26)37-22/h9-23,26-34H,1-8,25H2/t9?,10?,11?,12-,13-,14+,15+,16?,17?,18?,19+,20-,21+,22+,23-/m0/s1. The third-order valence-corrected chi connectivity index (χ3v) is 7.17. The molecule has 17 heteroatoms. The zero-order valence-electron chi connectivity index (χ0n) is 21.7. The molecular formula is C23H42FNO15. The molecule has 0 aromatic carbocycles. The molecule has 11 N–H and O–H groups in total. The molecule has 3 aliphatic rings. The van der Waals surface area contributed by atoms with Crippen LogP contribution in [0.15, 0.2) is 0 Å². The highest BCUT2D eigenvalue weighted by Gasteiger charge is 2.53. The smallest absolute Gasteiger partial charge is 0.187 e. The highest BCUT2D eigenvalue weighted by molar-refractivity contribution is 4.96. The minimum atomic E-state index is -1.93. The Morgan fingerprint density at radius 3 is 1.62 bits per heavy atom. The first-order valence-electron chi connectivity index (χ1n) is 13.2. The van der Waals surface area contributed by atoms with Crippen molar-refractivity contribution < 1.29 is 78.8 Å². The molecule has 0 radical (unpaired) electrons. The SMILES string of the molecule is NCCCCCO[C@@H]1OC(CF)[C@@H](O[C@@H]2OC(CO)[C@H](O[C@H]3OC(CO)[C@H](O)[C@H](O)C3O)[C@H](O)C2O)[C@H](O)C1O. The molecule has 0 aromatic rings. The molecule has 0 aromatic heterocycles. The molecule has 6 unspecified atom stereocenters. The van der Waals surface area contributed by atoms with Crippen LogP contribution < -0.4 is 5.73 Å². The number of hydrogen-bond donors (Lipinski definition) is 10. The molecule has 3 rings (SSSR count). The van der Waals surface area contributed by atoms with Gasteiger partial charge in [0.15, 0.2) is 18.9 Å². The summed E-state index contributed by atoms with van der Waals surface area (Å²) in [7, 11) is 0. The van der Waals surface area contributed by atoms with E-state index >= 15 is 0 Å². The molecule has 16 nitrogen and oxygen atoms in total. The van der Waals surface area contributed by atoms with Gasteiger partial charge in [0.05, 0.1) is 13.2 Å². The van der Waals surface area contributed by atoms with Gasteiger partial charge < -0.3 is 80.1 Å². The predicted molar refractivity (Wildman–Crippen MR) is 127 cm³/mol. The number of alkyl halides is 1. The van der Waals surface area contributed by atoms with Crippen LogP contribution in [0.25, 0.3) is 0 Å². The molecular weight excluding hydrogens is 549 g/mol. The van der Waals surface area contributed by atoms with Gasteiger partial charge in [-0.05, 0) is 25.8 Å². The zero-order valence-corrected chi connectivity index (χ0v) is 21.7. The fourth-order valence-electron chi connectivity index (χ4n) is 4.78. The van der Waals surface area contributed by atoms with Crippen molar-refractivity contribution in [2.45, 2.75) is 111 Å². The van der Waals surface area contributed by atoms with Crippen molar-refractivity contribution in [2.24, 2.45) is 5.73 Å². The summed E-state index contributed by atoms with van der Waals surface area (Å²) in [5.74, 6) is 0. The summed E-state index contributed by atoms with van der Waals surface area (Å²) in [6.07, 6.45) is -22.7. The topological polar surface area (TPSA) is 263 Å². The van der Waals surface area contributed by atoms with Crippen LogP contribution in [0.2, 0.25) is 0 Å². The van der Waals surface area contributed by atoms with Crippen molar-refractivity contribution in [2.75, 3.05) is 33.0 Å². The largest absolute Gasteiger partial charge is 0.394 e. The lowest BCUT2D eigenvalue weighted by Crippen LogP contribution is -2.66. The summed E-state index contributed by atoms with van der Waals surface area (Å²) in [4.78, 5) is 0. The first-order chi connectivity index (χ1) is 19.1. The maximum absolute atomic E-state index is 13.9. The lowest BCUT2D eigenvalue weighted by atomic mass is 9.96. The van der Waals surface area contributed by atoms with Crippen molar-refractivity contribution in [3.8, 4) is 0 Å². The molecule has 0 amide bonds. The molecule has 0 bridgehead atoms. The number of halogens is 1. The molecule has 3 heterocycles. The monoisotopic (exact) mass is 591 g/mol. The van der Waals surface area contributed by atoms with E-state index in [1.54, 1.807) is 0 Å². The first-order valence-corrected chi connectivity index (χ1v) is 13.2. The molecule has 3 saturated heterocycles. The number of ether oxygens (including phenoxy) is 6. The van der Waals surface area contributed by atoms with Crippen LogP contribution in [0.3, 0.4) is 0 Å². The summed E-state index contributed by atoms with van der Waals surface area (Å²) < 4.78 is 46.5. The van der Waals surface area contributed by atoms with Crippen molar-refractivity contribution in [1.82, 2.24) is 0 Å². The van der Waals surface area contributed by atoms with E-state index < -0.39 is 112 Å². The maximum atomic E-state index is 13.9. The molecule has 3 aliphatic heterocycles. The summed E-state index contributed by atoms with van der Waals surface area (Å²) in [5, 5.41) is 91.9. The van der Waals surface area contributed by atoms with Gasteiger partial charge in [-0.1, -0.05) is 0 Å². The normalized spacial score (nSPS) is 46.4. The molecule has 0 spiro atoms.